The van der Waals surface area contributed by atoms with Crippen LogP contribution in [0.2, 0.25) is 0 Å². The Morgan fingerprint density at radius 3 is 2.14 bits per heavy atom. The minimum absolute atomic E-state index is 0.164. The Labute approximate surface area is 204 Å². The molecule has 0 radical (unpaired) electrons. The molecule has 0 saturated carbocycles. The summed E-state index contributed by atoms with van der Waals surface area (Å²) in [6, 6.07) is 17.0. The van der Waals surface area contributed by atoms with Crippen molar-refractivity contribution >= 4 is 32.6 Å². The molecule has 1 atom stereocenters. The number of nitrogens with one attached hydrogen (secondary N) is 1. The smallest absolute Gasteiger partial charge is 0.251 e. The lowest BCUT2D eigenvalue weighted by Crippen LogP contribution is -2.57. The second-order valence-electron chi connectivity index (χ2n) is 8.94. The lowest BCUT2D eigenvalue weighted by molar-refractivity contribution is -0.135. The highest BCUT2D eigenvalue weighted by Crippen LogP contribution is 2.23. The summed E-state index contributed by atoms with van der Waals surface area (Å²) in [5, 5.41) is 4.56. The van der Waals surface area contributed by atoms with Crippen LogP contribution < -0.4 is 5.32 Å². The highest BCUT2D eigenvalue weighted by Gasteiger charge is 2.34. The first kappa shape index (κ1) is 24.8. The van der Waals surface area contributed by atoms with Crippen molar-refractivity contribution in [2.45, 2.75) is 24.8 Å². The Kier molecular flexibility index (Phi) is 7.18. The molecule has 1 aliphatic rings. The number of fused-ring (bicyclic) bond motifs is 1. The Hall–Kier alpha value is -3.30. The molecular formula is C26H28FN3O4S. The van der Waals surface area contributed by atoms with Crippen LogP contribution in [0.25, 0.3) is 10.8 Å². The van der Waals surface area contributed by atoms with E-state index in [9.17, 15) is 22.4 Å². The molecule has 3 aromatic rings. The summed E-state index contributed by atoms with van der Waals surface area (Å²) in [6.07, 6.45) is 0. The molecule has 0 bridgehead atoms. The average molecular weight is 498 g/mol. The maximum absolute atomic E-state index is 13.2. The van der Waals surface area contributed by atoms with Gasteiger partial charge in [0.2, 0.25) is 15.9 Å². The molecule has 1 aliphatic heterocycles. The summed E-state index contributed by atoms with van der Waals surface area (Å²) in [5.74, 6) is -1.37. The van der Waals surface area contributed by atoms with Crippen molar-refractivity contribution < 1.29 is 22.4 Å². The van der Waals surface area contributed by atoms with Gasteiger partial charge in [0.25, 0.3) is 5.91 Å². The molecule has 1 fully saturated rings. The molecule has 0 aliphatic carbocycles. The standard InChI is InChI=1S/C26H28FN3O4S/c1-18(2)24(28-25(31)20-7-10-22(27)11-8-20)26(32)29-13-15-30(16-14-29)35(33,34)23-12-9-19-5-3-4-6-21(19)17-23/h3-12,17-18,24H,13-16H2,1-2H3,(H,28,31)/t24-/m0/s1. The van der Waals surface area contributed by atoms with E-state index in [0.29, 0.717) is 0 Å². The number of nitrogens with zero attached hydrogens (tertiary/aromatic N) is 2. The molecule has 184 valence electrons. The fourth-order valence-electron chi connectivity index (χ4n) is 4.16. The van der Waals surface area contributed by atoms with E-state index >= 15 is 0 Å². The van der Waals surface area contributed by atoms with Crippen LogP contribution in [-0.4, -0.2) is 61.7 Å². The Morgan fingerprint density at radius 2 is 1.51 bits per heavy atom. The van der Waals surface area contributed by atoms with Crippen molar-refractivity contribution in [3.63, 3.8) is 0 Å². The summed E-state index contributed by atoms with van der Waals surface area (Å²) >= 11 is 0. The van der Waals surface area contributed by atoms with Gasteiger partial charge in [0.05, 0.1) is 4.90 Å². The zero-order valence-corrected chi connectivity index (χ0v) is 20.5. The summed E-state index contributed by atoms with van der Waals surface area (Å²) < 4.78 is 41.0. The topological polar surface area (TPSA) is 86.8 Å². The number of carbonyl (C=O) groups is 2. The Balaban J connectivity index is 1.42. The largest absolute Gasteiger partial charge is 0.340 e. The van der Waals surface area contributed by atoms with Gasteiger partial charge in [-0.05, 0) is 53.1 Å². The van der Waals surface area contributed by atoms with Crippen molar-refractivity contribution in [2.24, 2.45) is 5.92 Å². The van der Waals surface area contributed by atoms with Crippen LogP contribution in [-0.2, 0) is 14.8 Å². The molecule has 0 aromatic heterocycles. The summed E-state index contributed by atoms with van der Waals surface area (Å²) in [5.41, 5.74) is 0.260. The van der Waals surface area contributed by atoms with Gasteiger partial charge in [0, 0.05) is 31.7 Å². The molecule has 9 heteroatoms. The van der Waals surface area contributed by atoms with Gasteiger partial charge >= 0.3 is 0 Å². The van der Waals surface area contributed by atoms with Crippen molar-refractivity contribution in [1.29, 1.82) is 0 Å². The zero-order chi connectivity index (χ0) is 25.2. The molecule has 35 heavy (non-hydrogen) atoms. The normalized spacial score (nSPS) is 15.8. The van der Waals surface area contributed by atoms with Crippen molar-refractivity contribution in [3.8, 4) is 0 Å². The molecule has 4 rings (SSSR count). The first-order valence-electron chi connectivity index (χ1n) is 11.5. The third-order valence-corrected chi connectivity index (χ3v) is 8.13. The fraction of sp³-hybridized carbons (Fsp3) is 0.308. The Bertz CT molecular complexity index is 1330. The number of sulfonamides is 1. The maximum atomic E-state index is 13.2. The van der Waals surface area contributed by atoms with Crippen molar-refractivity contribution in [2.75, 3.05) is 26.2 Å². The molecule has 3 aromatic carbocycles. The summed E-state index contributed by atoms with van der Waals surface area (Å²) in [4.78, 5) is 27.6. The number of hydrogen-bond acceptors (Lipinski definition) is 4. The number of piperazine rings is 1. The van der Waals surface area contributed by atoms with Gasteiger partial charge in [-0.25, -0.2) is 12.8 Å². The van der Waals surface area contributed by atoms with E-state index in [1.807, 2.05) is 38.1 Å². The SMILES string of the molecule is CC(C)[C@H](NC(=O)c1ccc(F)cc1)C(=O)N1CCN(S(=O)(=O)c2ccc3ccccc3c2)CC1. The lowest BCUT2D eigenvalue weighted by Gasteiger charge is -2.36. The maximum Gasteiger partial charge on any atom is 0.251 e. The molecule has 1 heterocycles. The molecule has 1 saturated heterocycles. The van der Waals surface area contributed by atoms with Crippen LogP contribution in [0.15, 0.2) is 71.6 Å². The van der Waals surface area contributed by atoms with Gasteiger partial charge in [0.15, 0.2) is 0 Å². The minimum Gasteiger partial charge on any atom is -0.340 e. The van der Waals surface area contributed by atoms with Crippen LogP contribution in [0.3, 0.4) is 0 Å². The molecule has 0 unspecified atom stereocenters. The van der Waals surface area contributed by atoms with Crippen molar-refractivity contribution in [1.82, 2.24) is 14.5 Å². The van der Waals surface area contributed by atoms with Crippen LogP contribution >= 0.6 is 0 Å². The number of benzene rings is 3. The number of halogens is 1. The van der Waals surface area contributed by atoms with Gasteiger partial charge in [-0.15, -0.1) is 0 Å². The van der Waals surface area contributed by atoms with Crippen molar-refractivity contribution in [3.05, 3.63) is 78.1 Å². The first-order valence-corrected chi connectivity index (χ1v) is 12.9. The highest BCUT2D eigenvalue weighted by molar-refractivity contribution is 7.89. The molecule has 0 spiro atoms. The predicted molar refractivity (Wildman–Crippen MR) is 132 cm³/mol. The first-order chi connectivity index (χ1) is 16.7. The number of hydrogen-bond donors (Lipinski definition) is 1. The van der Waals surface area contributed by atoms with E-state index < -0.39 is 27.8 Å². The monoisotopic (exact) mass is 497 g/mol. The van der Waals surface area contributed by atoms with Gasteiger partial charge in [-0.2, -0.15) is 4.31 Å². The van der Waals surface area contributed by atoms with E-state index in [2.05, 4.69) is 5.32 Å². The number of amides is 2. The van der Waals surface area contributed by atoms with Crippen LogP contribution in [0.5, 0.6) is 0 Å². The van der Waals surface area contributed by atoms with Gasteiger partial charge in [-0.3, -0.25) is 9.59 Å². The lowest BCUT2D eigenvalue weighted by atomic mass is 10.0. The number of carbonyl (C=O) groups excluding carboxylic acids is 2. The van der Waals surface area contributed by atoms with Gasteiger partial charge < -0.3 is 10.2 Å². The molecule has 7 nitrogen and oxygen atoms in total. The zero-order valence-electron chi connectivity index (χ0n) is 19.6. The Morgan fingerprint density at radius 1 is 0.886 bits per heavy atom. The summed E-state index contributed by atoms with van der Waals surface area (Å²) in [6.45, 7) is 4.43. The second-order valence-corrected chi connectivity index (χ2v) is 10.9. The third kappa shape index (κ3) is 5.36. The number of rotatable bonds is 6. The highest BCUT2D eigenvalue weighted by atomic mass is 32.2. The van der Waals surface area contributed by atoms with E-state index in [0.717, 1.165) is 10.8 Å². The van der Waals surface area contributed by atoms with Crippen LogP contribution in [0.1, 0.15) is 24.2 Å². The van der Waals surface area contributed by atoms with Gasteiger partial charge in [0.1, 0.15) is 11.9 Å². The fourth-order valence-corrected chi connectivity index (χ4v) is 5.62. The second kappa shape index (κ2) is 10.1. The molecule has 1 N–H and O–H groups in total. The average Bonchev–Trinajstić information content (AvgIpc) is 2.86. The van der Waals surface area contributed by atoms with E-state index in [4.69, 9.17) is 0 Å². The van der Waals surface area contributed by atoms with Crippen LogP contribution in [0, 0.1) is 11.7 Å². The van der Waals surface area contributed by atoms with E-state index in [-0.39, 0.29) is 48.5 Å². The quantitative estimate of drug-likeness (QED) is 0.566. The van der Waals surface area contributed by atoms with E-state index in [1.165, 1.54) is 28.6 Å². The van der Waals surface area contributed by atoms with Gasteiger partial charge in [-0.1, -0.05) is 44.2 Å². The van der Waals surface area contributed by atoms with E-state index in [1.54, 1.807) is 23.1 Å². The van der Waals surface area contributed by atoms with Crippen LogP contribution in [0.4, 0.5) is 4.39 Å². The third-order valence-electron chi connectivity index (χ3n) is 6.23. The summed E-state index contributed by atoms with van der Waals surface area (Å²) in [7, 11) is -3.70. The molecular weight excluding hydrogens is 469 g/mol. The molecule has 2 amide bonds. The predicted octanol–water partition coefficient (Wildman–Crippen LogP) is 3.27. The minimum atomic E-state index is -3.70.